The summed E-state index contributed by atoms with van der Waals surface area (Å²) in [7, 11) is 0. The number of carbonyl (C=O) groups excluding carboxylic acids is 2. The largest absolute Gasteiger partial charge is 0.477 e. The first kappa shape index (κ1) is 38.3. The molecule has 0 unspecified atom stereocenters. The van der Waals surface area contributed by atoms with E-state index in [1.165, 1.54) is 0 Å². The molecule has 0 aromatic rings. The van der Waals surface area contributed by atoms with Crippen LogP contribution in [-0.4, -0.2) is 191 Å². The van der Waals surface area contributed by atoms with Gasteiger partial charge in [0, 0.05) is 20.3 Å². The van der Waals surface area contributed by atoms with Gasteiger partial charge in [-0.05, 0) is 0 Å². The summed E-state index contributed by atoms with van der Waals surface area (Å²) in [4.78, 5) is 35.7. The van der Waals surface area contributed by atoms with Crippen LogP contribution >= 0.6 is 0 Å². The number of rotatable bonds is 12. The molecule has 13 N–H and O–H groups in total. The Kier molecular flexibility index (Phi) is 13.1. The van der Waals surface area contributed by atoms with Gasteiger partial charge in [-0.2, -0.15) is 0 Å². The van der Waals surface area contributed by atoms with Gasteiger partial charge in [-0.25, -0.2) is 4.79 Å². The molecule has 266 valence electrons. The first-order valence-electron chi connectivity index (χ1n) is 14.2. The number of aliphatic hydroxyl groups excluding tert-OH is 10. The van der Waals surface area contributed by atoms with Crippen LogP contribution in [0.2, 0.25) is 0 Å². The minimum atomic E-state index is -3.00. The van der Waals surface area contributed by atoms with Gasteiger partial charge in [0.15, 0.2) is 12.6 Å². The third kappa shape index (κ3) is 8.26. The van der Waals surface area contributed by atoms with E-state index in [0.717, 1.165) is 13.8 Å². The average molecular weight is 675 g/mol. The Balaban J connectivity index is 1.84. The van der Waals surface area contributed by atoms with Crippen LogP contribution in [0.15, 0.2) is 0 Å². The van der Waals surface area contributed by atoms with E-state index in [0.29, 0.717) is 0 Å². The van der Waals surface area contributed by atoms with Crippen LogP contribution in [0.25, 0.3) is 0 Å². The Hall–Kier alpha value is -2.19. The van der Waals surface area contributed by atoms with Crippen LogP contribution in [0.4, 0.5) is 0 Å². The molecule has 0 aliphatic carbocycles. The molecule has 0 radical (unpaired) electrons. The van der Waals surface area contributed by atoms with Crippen LogP contribution in [-0.2, 0) is 38.1 Å². The second-order valence-electron chi connectivity index (χ2n) is 11.3. The van der Waals surface area contributed by atoms with Gasteiger partial charge < -0.3 is 90.5 Å². The second-order valence-corrected chi connectivity index (χ2v) is 11.3. The normalized spacial score (nSPS) is 42.9. The molecule has 3 saturated heterocycles. The maximum atomic E-state index is 12.6. The van der Waals surface area contributed by atoms with Gasteiger partial charge in [-0.3, -0.25) is 9.59 Å². The molecule has 0 spiro atoms. The molecule has 0 aromatic heterocycles. The molecule has 2 amide bonds. The number of hydrogen-bond donors (Lipinski definition) is 13. The van der Waals surface area contributed by atoms with Crippen LogP contribution < -0.4 is 10.6 Å². The molecule has 0 saturated carbocycles. The molecule has 3 heterocycles. The summed E-state index contributed by atoms with van der Waals surface area (Å²) in [5, 5.41) is 118. The predicted octanol–water partition coefficient (Wildman–Crippen LogP) is -8.08. The fourth-order valence-electron chi connectivity index (χ4n) is 5.46. The molecule has 21 heteroatoms. The lowest BCUT2D eigenvalue weighted by atomic mass is 9.88. The number of hydrogen-bond acceptors (Lipinski definition) is 18. The van der Waals surface area contributed by atoms with Crippen LogP contribution in [0.5, 0.6) is 0 Å². The second kappa shape index (κ2) is 15.8. The van der Waals surface area contributed by atoms with Crippen LogP contribution in [0, 0.1) is 0 Å². The highest BCUT2D eigenvalue weighted by atomic mass is 16.8. The molecular weight excluding hydrogens is 632 g/mol. The number of ether oxygens (including phenoxy) is 5. The Labute approximate surface area is 260 Å². The van der Waals surface area contributed by atoms with E-state index in [4.69, 9.17) is 23.7 Å². The predicted molar refractivity (Wildman–Crippen MR) is 142 cm³/mol. The summed E-state index contributed by atoms with van der Waals surface area (Å²) in [6.07, 6.45) is -25.2. The Bertz CT molecular complexity index is 1050. The number of carboxylic acid groups (broad SMARTS) is 1. The summed E-state index contributed by atoms with van der Waals surface area (Å²) in [6, 6.07) is -2.94. The third-order valence-corrected chi connectivity index (χ3v) is 7.85. The SMILES string of the molecule is CC(=O)N[C@@H]1[C@@H](O)[C@H](O)[C@@H](CO[C@@H]2O[C@H](CO)[C@H](O)[C@H](O[C@]3(C(=O)O)C[C@H](O)[C@@H](NC(C)=O)[C@H]([C@H](O)[C@H](O)CO)O3)[C@H]2O)O[C@H]1O. The zero-order chi connectivity index (χ0) is 34.7. The van der Waals surface area contributed by atoms with Gasteiger partial charge in [0.25, 0.3) is 5.79 Å². The molecule has 3 fully saturated rings. The van der Waals surface area contributed by atoms with Crippen molar-refractivity contribution < 1.29 is 94.2 Å². The topological polar surface area (TPSA) is 344 Å². The van der Waals surface area contributed by atoms with E-state index in [-0.39, 0.29) is 0 Å². The monoisotopic (exact) mass is 674 g/mol. The summed E-state index contributed by atoms with van der Waals surface area (Å²) < 4.78 is 27.1. The number of carbonyl (C=O) groups is 3. The van der Waals surface area contributed by atoms with Crippen molar-refractivity contribution in [3.05, 3.63) is 0 Å². The lowest BCUT2D eigenvalue weighted by molar-refractivity contribution is -0.372. The van der Waals surface area contributed by atoms with E-state index in [1.54, 1.807) is 0 Å². The molecule has 0 bridgehead atoms. The van der Waals surface area contributed by atoms with E-state index < -0.39 is 142 Å². The smallest absolute Gasteiger partial charge is 0.364 e. The van der Waals surface area contributed by atoms with Crippen molar-refractivity contribution >= 4 is 17.8 Å². The van der Waals surface area contributed by atoms with Gasteiger partial charge in [-0.15, -0.1) is 0 Å². The van der Waals surface area contributed by atoms with Crippen molar-refractivity contribution in [2.75, 3.05) is 19.8 Å². The highest BCUT2D eigenvalue weighted by molar-refractivity contribution is 5.76. The average Bonchev–Trinajstić information content (AvgIpc) is 2.99. The minimum absolute atomic E-state index is 0.642. The van der Waals surface area contributed by atoms with Gasteiger partial charge in [0.2, 0.25) is 11.8 Å². The Morgan fingerprint density at radius 1 is 0.870 bits per heavy atom. The van der Waals surface area contributed by atoms with E-state index >= 15 is 0 Å². The first-order valence-corrected chi connectivity index (χ1v) is 14.2. The molecule has 3 rings (SSSR count). The number of aliphatic hydroxyl groups is 10. The molecular formula is C25H42N2O19. The number of nitrogens with one attached hydrogen (secondary N) is 2. The van der Waals surface area contributed by atoms with E-state index in [2.05, 4.69) is 10.6 Å². The molecule has 16 atom stereocenters. The summed E-state index contributed by atoms with van der Waals surface area (Å²) in [5.74, 6) is -6.34. The molecule has 21 nitrogen and oxygen atoms in total. The highest BCUT2D eigenvalue weighted by Gasteiger charge is 2.59. The van der Waals surface area contributed by atoms with Gasteiger partial charge in [0.1, 0.15) is 67.1 Å². The van der Waals surface area contributed by atoms with Gasteiger partial charge in [-0.1, -0.05) is 0 Å². The number of aliphatic carboxylic acids is 1. The minimum Gasteiger partial charge on any atom is -0.477 e. The van der Waals surface area contributed by atoms with Crippen molar-refractivity contribution in [3.8, 4) is 0 Å². The molecule has 46 heavy (non-hydrogen) atoms. The van der Waals surface area contributed by atoms with Crippen molar-refractivity contribution in [1.29, 1.82) is 0 Å². The summed E-state index contributed by atoms with van der Waals surface area (Å²) in [5.41, 5.74) is 0. The Morgan fingerprint density at radius 2 is 1.48 bits per heavy atom. The zero-order valence-corrected chi connectivity index (χ0v) is 24.7. The van der Waals surface area contributed by atoms with Crippen molar-refractivity contribution in [2.45, 2.75) is 118 Å². The van der Waals surface area contributed by atoms with Crippen molar-refractivity contribution in [2.24, 2.45) is 0 Å². The summed E-state index contributed by atoms with van der Waals surface area (Å²) >= 11 is 0. The third-order valence-electron chi connectivity index (χ3n) is 7.85. The maximum absolute atomic E-state index is 12.6. The summed E-state index contributed by atoms with van der Waals surface area (Å²) in [6.45, 7) is -0.568. The fraction of sp³-hybridized carbons (Fsp3) is 0.880. The van der Waals surface area contributed by atoms with Gasteiger partial charge >= 0.3 is 5.97 Å². The standard InChI is InChI=1S/C25H42N2O19/c1-7(30)26-13-9(32)3-25(24(40)41,45-20(13)15(34)10(33)4-28)46-21-17(36)11(5-29)44-23(19(21)38)42-6-12-16(35)18(37)14(22(39)43-12)27-8(2)31/h9-23,28-29,32-39H,3-6H2,1-2H3,(H,26,30)(H,27,31)(H,40,41)/t9-,10+,11+,12+,13+,14+,15+,16+,17-,18+,19+,20+,21-,22+,23+,25-/m0/s1. The van der Waals surface area contributed by atoms with E-state index in [9.17, 15) is 70.6 Å². The van der Waals surface area contributed by atoms with E-state index in [1.807, 2.05) is 0 Å². The lowest BCUT2D eigenvalue weighted by Gasteiger charge is -2.50. The number of amides is 2. The van der Waals surface area contributed by atoms with Crippen LogP contribution in [0.3, 0.4) is 0 Å². The van der Waals surface area contributed by atoms with Crippen LogP contribution in [0.1, 0.15) is 20.3 Å². The lowest BCUT2D eigenvalue weighted by Crippen LogP contribution is -2.70. The Morgan fingerprint density at radius 3 is 2.02 bits per heavy atom. The number of carboxylic acids is 1. The fourth-order valence-corrected chi connectivity index (χ4v) is 5.46. The molecule has 3 aliphatic heterocycles. The quantitative estimate of drug-likeness (QED) is 0.0913. The van der Waals surface area contributed by atoms with Crippen molar-refractivity contribution in [3.63, 3.8) is 0 Å². The molecule has 3 aliphatic rings. The zero-order valence-electron chi connectivity index (χ0n) is 24.7. The van der Waals surface area contributed by atoms with Crippen molar-refractivity contribution in [1.82, 2.24) is 10.6 Å². The first-order chi connectivity index (χ1) is 21.5. The maximum Gasteiger partial charge on any atom is 0.364 e. The highest BCUT2D eigenvalue weighted by Crippen LogP contribution is 2.37. The van der Waals surface area contributed by atoms with Gasteiger partial charge in [0.05, 0.1) is 32.0 Å². The molecule has 0 aromatic carbocycles.